The number of ether oxygens (including phenoxy) is 2. The fourth-order valence-electron chi connectivity index (χ4n) is 4.26. The molecule has 0 radical (unpaired) electrons. The molecule has 1 aromatic rings. The van der Waals surface area contributed by atoms with Gasteiger partial charge in [0, 0.05) is 30.9 Å². The van der Waals surface area contributed by atoms with Crippen LogP contribution in [-0.4, -0.2) is 61.8 Å². The van der Waals surface area contributed by atoms with Crippen LogP contribution in [-0.2, 0) is 9.53 Å². The van der Waals surface area contributed by atoms with E-state index in [0.717, 1.165) is 45.7 Å². The largest absolute Gasteiger partial charge is 0.435 e. The summed E-state index contributed by atoms with van der Waals surface area (Å²) in [7, 11) is 0. The number of benzene rings is 1. The van der Waals surface area contributed by atoms with Crippen LogP contribution >= 0.6 is 0 Å². The first kappa shape index (κ1) is 21.9. The maximum absolute atomic E-state index is 12.6. The summed E-state index contributed by atoms with van der Waals surface area (Å²) in [5.74, 6) is -0.0885. The van der Waals surface area contributed by atoms with Gasteiger partial charge >= 0.3 is 6.61 Å². The Morgan fingerprint density at radius 2 is 1.83 bits per heavy atom. The Morgan fingerprint density at radius 1 is 1.17 bits per heavy atom. The van der Waals surface area contributed by atoms with Gasteiger partial charge in [-0.2, -0.15) is 8.78 Å². The summed E-state index contributed by atoms with van der Waals surface area (Å²) in [5, 5.41) is 6.25. The quantitative estimate of drug-likeness (QED) is 0.688. The number of amides is 1. The van der Waals surface area contributed by atoms with E-state index in [4.69, 9.17) is 4.74 Å². The van der Waals surface area contributed by atoms with Gasteiger partial charge in [0.15, 0.2) is 0 Å². The van der Waals surface area contributed by atoms with Crippen molar-refractivity contribution in [2.75, 3.05) is 38.2 Å². The molecule has 1 aliphatic carbocycles. The van der Waals surface area contributed by atoms with Crippen LogP contribution in [0.4, 0.5) is 14.5 Å². The molecule has 1 aliphatic heterocycles. The summed E-state index contributed by atoms with van der Waals surface area (Å²) in [5.41, 5.74) is 0.635. The third kappa shape index (κ3) is 6.10. The number of halogens is 2. The van der Waals surface area contributed by atoms with E-state index in [0.29, 0.717) is 5.69 Å². The predicted octanol–water partition coefficient (Wildman–Crippen LogP) is 3.24. The molecule has 3 rings (SSSR count). The van der Waals surface area contributed by atoms with E-state index in [1.54, 1.807) is 12.1 Å². The normalized spacial score (nSPS) is 21.0. The SMILES string of the molecule is CC(NCC1(N2CCOCC2)CCCCC1)C(=O)Nc1ccc(OC(F)F)cc1. The molecule has 8 heteroatoms. The summed E-state index contributed by atoms with van der Waals surface area (Å²) in [6, 6.07) is 5.56. The molecule has 1 saturated heterocycles. The number of hydrogen-bond acceptors (Lipinski definition) is 5. The number of morpholine rings is 1. The van der Waals surface area contributed by atoms with Crippen molar-refractivity contribution < 1.29 is 23.0 Å². The van der Waals surface area contributed by atoms with E-state index in [1.807, 2.05) is 6.92 Å². The van der Waals surface area contributed by atoms with Gasteiger partial charge < -0.3 is 20.1 Å². The zero-order chi connectivity index (χ0) is 20.7. The predicted molar refractivity (Wildman–Crippen MR) is 107 cm³/mol. The Bertz CT molecular complexity index is 645. The van der Waals surface area contributed by atoms with Gasteiger partial charge in [0.05, 0.1) is 19.3 Å². The number of anilines is 1. The summed E-state index contributed by atoms with van der Waals surface area (Å²) in [4.78, 5) is 15.1. The van der Waals surface area contributed by atoms with Crippen molar-refractivity contribution in [3.63, 3.8) is 0 Å². The molecular formula is C21H31F2N3O3. The van der Waals surface area contributed by atoms with Crippen LogP contribution in [0.2, 0.25) is 0 Å². The highest BCUT2D eigenvalue weighted by Gasteiger charge is 2.38. The number of hydrogen-bond donors (Lipinski definition) is 2. The summed E-state index contributed by atoms with van der Waals surface area (Å²) < 4.78 is 34.3. The lowest BCUT2D eigenvalue weighted by molar-refractivity contribution is -0.118. The second-order valence-electron chi connectivity index (χ2n) is 7.88. The lowest BCUT2D eigenvalue weighted by atomic mass is 9.79. The number of alkyl halides is 2. The van der Waals surface area contributed by atoms with Crippen LogP contribution < -0.4 is 15.4 Å². The molecule has 1 saturated carbocycles. The van der Waals surface area contributed by atoms with Crippen molar-refractivity contribution in [1.29, 1.82) is 0 Å². The number of rotatable bonds is 8. The molecule has 1 unspecified atom stereocenters. The average molecular weight is 411 g/mol. The smallest absolute Gasteiger partial charge is 0.387 e. The first-order chi connectivity index (χ1) is 14.0. The summed E-state index contributed by atoms with van der Waals surface area (Å²) in [6.45, 7) is 3.16. The van der Waals surface area contributed by atoms with E-state index in [9.17, 15) is 13.6 Å². The van der Waals surface area contributed by atoms with Crippen LogP contribution in [0, 0.1) is 0 Å². The van der Waals surface area contributed by atoms with Crippen molar-refractivity contribution in [1.82, 2.24) is 10.2 Å². The standard InChI is InChI=1S/C21H31F2N3O3/c1-16(19(27)25-17-5-7-18(8-6-17)29-20(22)23)24-15-21(9-3-2-4-10-21)26-11-13-28-14-12-26/h5-8,16,20,24H,2-4,9-15H2,1H3,(H,25,27). The zero-order valence-electron chi connectivity index (χ0n) is 17.0. The van der Waals surface area contributed by atoms with Crippen molar-refractivity contribution in [2.45, 2.75) is 57.2 Å². The van der Waals surface area contributed by atoms with Crippen LogP contribution in [0.15, 0.2) is 24.3 Å². The summed E-state index contributed by atoms with van der Waals surface area (Å²) >= 11 is 0. The van der Waals surface area contributed by atoms with Gasteiger partial charge in [0.2, 0.25) is 5.91 Å². The molecule has 0 aromatic heterocycles. The molecule has 2 fully saturated rings. The van der Waals surface area contributed by atoms with Crippen LogP contribution in [0.25, 0.3) is 0 Å². The Morgan fingerprint density at radius 3 is 2.45 bits per heavy atom. The van der Waals surface area contributed by atoms with Gasteiger partial charge in [-0.15, -0.1) is 0 Å². The Labute approximate surface area is 170 Å². The maximum atomic E-state index is 12.6. The maximum Gasteiger partial charge on any atom is 0.387 e. The minimum atomic E-state index is -2.86. The summed E-state index contributed by atoms with van der Waals surface area (Å²) in [6.07, 6.45) is 5.98. The molecule has 6 nitrogen and oxygen atoms in total. The molecular weight excluding hydrogens is 380 g/mol. The molecule has 162 valence electrons. The lowest BCUT2D eigenvalue weighted by Crippen LogP contribution is -2.60. The van der Waals surface area contributed by atoms with Crippen LogP contribution in [0.3, 0.4) is 0 Å². The van der Waals surface area contributed by atoms with Crippen molar-refractivity contribution in [3.05, 3.63) is 24.3 Å². The topological polar surface area (TPSA) is 62.8 Å². The van der Waals surface area contributed by atoms with Gasteiger partial charge in [-0.25, -0.2) is 0 Å². The lowest BCUT2D eigenvalue weighted by Gasteiger charge is -2.48. The van der Waals surface area contributed by atoms with Gasteiger partial charge in [-0.1, -0.05) is 19.3 Å². The fraction of sp³-hybridized carbons (Fsp3) is 0.667. The van der Waals surface area contributed by atoms with Gasteiger partial charge in [-0.3, -0.25) is 9.69 Å². The molecule has 1 aromatic carbocycles. The Hall–Kier alpha value is -1.77. The molecule has 2 N–H and O–H groups in total. The highest BCUT2D eigenvalue weighted by atomic mass is 19.3. The van der Waals surface area contributed by atoms with Gasteiger partial charge in [0.1, 0.15) is 5.75 Å². The van der Waals surface area contributed by atoms with Crippen molar-refractivity contribution >= 4 is 11.6 Å². The third-order valence-corrected chi connectivity index (χ3v) is 5.94. The Kier molecular flexibility index (Phi) is 7.80. The molecule has 29 heavy (non-hydrogen) atoms. The zero-order valence-corrected chi connectivity index (χ0v) is 17.0. The second kappa shape index (κ2) is 10.3. The number of nitrogens with one attached hydrogen (secondary N) is 2. The van der Waals surface area contributed by atoms with Gasteiger partial charge in [0.25, 0.3) is 0 Å². The highest BCUT2D eigenvalue weighted by molar-refractivity contribution is 5.94. The number of carbonyl (C=O) groups is 1. The minimum Gasteiger partial charge on any atom is -0.435 e. The highest BCUT2D eigenvalue weighted by Crippen LogP contribution is 2.34. The van der Waals surface area contributed by atoms with E-state index in [1.165, 1.54) is 31.4 Å². The van der Waals surface area contributed by atoms with Gasteiger partial charge in [-0.05, 0) is 44.0 Å². The molecule has 1 heterocycles. The monoisotopic (exact) mass is 411 g/mol. The number of carbonyl (C=O) groups excluding carboxylic acids is 1. The molecule has 1 atom stereocenters. The third-order valence-electron chi connectivity index (χ3n) is 5.94. The number of nitrogens with zero attached hydrogens (tertiary/aromatic N) is 1. The first-order valence-corrected chi connectivity index (χ1v) is 10.4. The fourth-order valence-corrected chi connectivity index (χ4v) is 4.26. The van der Waals surface area contributed by atoms with E-state index >= 15 is 0 Å². The molecule has 2 aliphatic rings. The molecule has 0 bridgehead atoms. The second-order valence-corrected chi connectivity index (χ2v) is 7.88. The van der Waals surface area contributed by atoms with E-state index in [-0.39, 0.29) is 23.2 Å². The van der Waals surface area contributed by atoms with E-state index < -0.39 is 6.61 Å². The van der Waals surface area contributed by atoms with Crippen molar-refractivity contribution in [2.24, 2.45) is 0 Å². The Balaban J connectivity index is 1.53. The molecule has 1 amide bonds. The van der Waals surface area contributed by atoms with Crippen LogP contribution in [0.5, 0.6) is 5.75 Å². The molecule has 0 spiro atoms. The van der Waals surface area contributed by atoms with Crippen LogP contribution in [0.1, 0.15) is 39.0 Å². The van der Waals surface area contributed by atoms with E-state index in [2.05, 4.69) is 20.3 Å². The average Bonchev–Trinajstić information content (AvgIpc) is 2.74. The first-order valence-electron chi connectivity index (χ1n) is 10.4. The van der Waals surface area contributed by atoms with Crippen molar-refractivity contribution in [3.8, 4) is 5.75 Å². The minimum absolute atomic E-state index is 0.0638.